The zero-order chi connectivity index (χ0) is 40.1. The normalized spacial score (nSPS) is 12.3. The summed E-state index contributed by atoms with van der Waals surface area (Å²) in [5.41, 5.74) is 0. The molecule has 54 heavy (non-hydrogen) atoms. The first-order chi connectivity index (χ1) is 26.2. The topological polar surface area (TPSA) is 135 Å². The van der Waals surface area contributed by atoms with Crippen molar-refractivity contribution in [2.45, 2.75) is 182 Å². The first kappa shape index (κ1) is 51.3. The molecule has 0 saturated heterocycles. The van der Waals surface area contributed by atoms with Gasteiger partial charge in [0.1, 0.15) is 0 Å². The van der Waals surface area contributed by atoms with Crippen LogP contribution in [0.1, 0.15) is 182 Å². The van der Waals surface area contributed by atoms with E-state index in [9.17, 15) is 24.0 Å². The van der Waals surface area contributed by atoms with Gasteiger partial charge in [0.15, 0.2) is 0 Å². The average Bonchev–Trinajstić information content (AvgIpc) is 3.16. The summed E-state index contributed by atoms with van der Waals surface area (Å²) < 4.78 is 27.0. The zero-order valence-electron chi connectivity index (χ0n) is 35.1. The van der Waals surface area contributed by atoms with Crippen LogP contribution in [0, 0.1) is 11.8 Å². The highest BCUT2D eigenvalue weighted by Gasteiger charge is 2.20. The smallest absolute Gasteiger partial charge is 0.308 e. The lowest BCUT2D eigenvalue weighted by Gasteiger charge is -2.21. The maximum atomic E-state index is 12.6. The Labute approximate surface area is 328 Å². The van der Waals surface area contributed by atoms with Crippen LogP contribution in [-0.4, -0.2) is 87.4 Å². The summed E-state index contributed by atoms with van der Waals surface area (Å²) >= 11 is 0. The number of carbonyl (C=O) groups excluding carboxylic acids is 5. The molecule has 2 unspecified atom stereocenters. The molecule has 0 aliphatic rings. The number of ether oxygens (including phenoxy) is 5. The molecule has 0 amide bonds. The molecule has 0 aliphatic heterocycles. The minimum Gasteiger partial charge on any atom is -0.466 e. The summed E-state index contributed by atoms with van der Waals surface area (Å²) in [7, 11) is 0. The summed E-state index contributed by atoms with van der Waals surface area (Å²) in [5, 5.41) is 0. The van der Waals surface area contributed by atoms with Crippen LogP contribution in [0.15, 0.2) is 0 Å². The molecule has 0 fully saturated rings. The SMILES string of the molecule is CCCCCCC(CCCC)C(=O)OCCCCOC(=O)CCN(CCC(=O)OCC)CCC(=O)OCCCCOC(=O)C(CCCC)CCCCCC. The third kappa shape index (κ3) is 30.6. The number of esters is 5. The van der Waals surface area contributed by atoms with Crippen LogP contribution >= 0.6 is 0 Å². The standard InChI is InChI=1S/C43H79NO10/c1-6-11-15-17-25-37(23-13-8-3)42(48)53-35-21-19-33-51-40(46)28-31-44(30-27-39(45)50-10-5)32-29-41(47)52-34-20-22-36-54-43(49)38(24-14-9-4)26-18-16-12-7-2/h37-38H,6-36H2,1-5H3. The minimum absolute atomic E-state index is 0.0331. The molecular formula is C43H79NO10. The van der Waals surface area contributed by atoms with Gasteiger partial charge >= 0.3 is 29.8 Å². The van der Waals surface area contributed by atoms with E-state index in [2.05, 4.69) is 27.7 Å². The van der Waals surface area contributed by atoms with E-state index < -0.39 is 0 Å². The van der Waals surface area contributed by atoms with Gasteiger partial charge < -0.3 is 28.6 Å². The maximum absolute atomic E-state index is 12.6. The molecule has 0 radical (unpaired) electrons. The first-order valence-electron chi connectivity index (χ1n) is 21.7. The van der Waals surface area contributed by atoms with Gasteiger partial charge in [0.2, 0.25) is 0 Å². The molecule has 316 valence electrons. The number of carbonyl (C=O) groups is 5. The molecule has 11 heteroatoms. The Hall–Kier alpha value is -2.69. The summed E-state index contributed by atoms with van der Waals surface area (Å²) in [4.78, 5) is 64.1. The first-order valence-corrected chi connectivity index (χ1v) is 21.7. The maximum Gasteiger partial charge on any atom is 0.308 e. The quantitative estimate of drug-likeness (QED) is 0.0338. The second kappa shape index (κ2) is 37.2. The lowest BCUT2D eigenvalue weighted by atomic mass is 9.95. The van der Waals surface area contributed by atoms with Crippen molar-refractivity contribution in [2.24, 2.45) is 11.8 Å². The number of unbranched alkanes of at least 4 members (excludes halogenated alkanes) is 10. The van der Waals surface area contributed by atoms with Crippen molar-refractivity contribution in [3.63, 3.8) is 0 Å². The van der Waals surface area contributed by atoms with E-state index in [0.717, 1.165) is 77.0 Å². The Morgan fingerprint density at radius 2 is 0.722 bits per heavy atom. The zero-order valence-corrected chi connectivity index (χ0v) is 35.1. The van der Waals surface area contributed by atoms with E-state index >= 15 is 0 Å². The molecule has 0 rings (SSSR count). The molecule has 0 aromatic rings. The summed E-state index contributed by atoms with van der Waals surface area (Å²) in [6, 6.07) is 0. The molecule has 0 bridgehead atoms. The van der Waals surface area contributed by atoms with Crippen molar-refractivity contribution in [1.29, 1.82) is 0 Å². The fourth-order valence-electron chi connectivity index (χ4n) is 6.12. The van der Waals surface area contributed by atoms with E-state index in [1.807, 2.05) is 4.90 Å². The van der Waals surface area contributed by atoms with Crippen molar-refractivity contribution in [2.75, 3.05) is 52.7 Å². The molecule has 2 atom stereocenters. The highest BCUT2D eigenvalue weighted by molar-refractivity contribution is 5.73. The lowest BCUT2D eigenvalue weighted by molar-refractivity contribution is -0.150. The second-order valence-electron chi connectivity index (χ2n) is 14.5. The molecule has 0 heterocycles. The molecule has 0 spiro atoms. The van der Waals surface area contributed by atoms with Crippen LogP contribution in [-0.2, 0) is 47.7 Å². The van der Waals surface area contributed by atoms with E-state index in [-0.39, 0.29) is 80.8 Å². The third-order valence-electron chi connectivity index (χ3n) is 9.59. The van der Waals surface area contributed by atoms with Crippen LogP contribution in [0.5, 0.6) is 0 Å². The fourth-order valence-corrected chi connectivity index (χ4v) is 6.12. The van der Waals surface area contributed by atoms with Crippen molar-refractivity contribution in [1.82, 2.24) is 4.90 Å². The molecule has 11 nitrogen and oxygen atoms in total. The van der Waals surface area contributed by atoms with Crippen LogP contribution in [0.25, 0.3) is 0 Å². The van der Waals surface area contributed by atoms with Crippen molar-refractivity contribution in [3.05, 3.63) is 0 Å². The van der Waals surface area contributed by atoms with Gasteiger partial charge in [-0.2, -0.15) is 0 Å². The summed E-state index contributed by atoms with van der Waals surface area (Å²) in [5.74, 6) is -1.35. The Morgan fingerprint density at radius 1 is 0.389 bits per heavy atom. The number of hydrogen-bond acceptors (Lipinski definition) is 11. The fraction of sp³-hybridized carbons (Fsp3) is 0.884. The summed E-state index contributed by atoms with van der Waals surface area (Å²) in [6.07, 6.45) is 19.6. The van der Waals surface area contributed by atoms with Crippen molar-refractivity contribution < 1.29 is 47.7 Å². The summed E-state index contributed by atoms with van der Waals surface area (Å²) in [6.45, 7) is 12.7. The van der Waals surface area contributed by atoms with Gasteiger partial charge in [-0.15, -0.1) is 0 Å². The van der Waals surface area contributed by atoms with E-state index in [1.165, 1.54) is 25.7 Å². The Balaban J connectivity index is 4.47. The monoisotopic (exact) mass is 770 g/mol. The number of rotatable bonds is 38. The largest absolute Gasteiger partial charge is 0.466 e. The molecule has 0 aromatic heterocycles. The van der Waals surface area contributed by atoms with Gasteiger partial charge in [0.25, 0.3) is 0 Å². The Kier molecular flexibility index (Phi) is 35.4. The van der Waals surface area contributed by atoms with Crippen LogP contribution in [0.2, 0.25) is 0 Å². The van der Waals surface area contributed by atoms with E-state index in [4.69, 9.17) is 23.7 Å². The van der Waals surface area contributed by atoms with Crippen LogP contribution in [0.3, 0.4) is 0 Å². The Bertz CT molecular complexity index is 895. The second-order valence-corrected chi connectivity index (χ2v) is 14.5. The molecule has 0 aromatic carbocycles. The highest BCUT2D eigenvalue weighted by Crippen LogP contribution is 2.20. The molecule has 0 saturated carbocycles. The van der Waals surface area contributed by atoms with Gasteiger partial charge in [0.05, 0.1) is 64.1 Å². The molecule has 0 aliphatic carbocycles. The lowest BCUT2D eigenvalue weighted by Crippen LogP contribution is -2.32. The highest BCUT2D eigenvalue weighted by atomic mass is 16.5. The predicted molar refractivity (Wildman–Crippen MR) is 213 cm³/mol. The van der Waals surface area contributed by atoms with Crippen molar-refractivity contribution >= 4 is 29.8 Å². The minimum atomic E-state index is -0.365. The predicted octanol–water partition coefficient (Wildman–Crippen LogP) is 9.31. The average molecular weight is 770 g/mol. The van der Waals surface area contributed by atoms with E-state index in [0.29, 0.717) is 58.5 Å². The Morgan fingerprint density at radius 3 is 1.07 bits per heavy atom. The molecule has 0 N–H and O–H groups in total. The van der Waals surface area contributed by atoms with Gasteiger partial charge in [-0.25, -0.2) is 0 Å². The van der Waals surface area contributed by atoms with Crippen molar-refractivity contribution in [3.8, 4) is 0 Å². The van der Waals surface area contributed by atoms with Gasteiger partial charge in [0, 0.05) is 19.6 Å². The van der Waals surface area contributed by atoms with Crippen LogP contribution < -0.4 is 0 Å². The third-order valence-corrected chi connectivity index (χ3v) is 9.59. The van der Waals surface area contributed by atoms with Gasteiger partial charge in [-0.05, 0) is 58.3 Å². The van der Waals surface area contributed by atoms with Crippen LogP contribution in [0.4, 0.5) is 0 Å². The van der Waals surface area contributed by atoms with Gasteiger partial charge in [-0.1, -0.05) is 105 Å². The molecular weight excluding hydrogens is 690 g/mol. The van der Waals surface area contributed by atoms with E-state index in [1.54, 1.807) is 6.92 Å². The van der Waals surface area contributed by atoms with Gasteiger partial charge in [-0.3, -0.25) is 24.0 Å². The number of nitrogens with zero attached hydrogens (tertiary/aromatic N) is 1. The number of hydrogen-bond donors (Lipinski definition) is 0.